The molecule has 218 valence electrons. The lowest BCUT2D eigenvalue weighted by Crippen LogP contribution is -2.30. The lowest BCUT2D eigenvalue weighted by Gasteiger charge is -2.24. The minimum Gasteiger partial charge on any atom is -0.481 e. The number of amides is 1. The van der Waals surface area contributed by atoms with Crippen molar-refractivity contribution in [3.8, 4) is 11.3 Å². The van der Waals surface area contributed by atoms with Crippen LogP contribution in [0.3, 0.4) is 0 Å². The number of nitro benzene ring substituents is 1. The third kappa shape index (κ3) is 5.90. The zero-order valence-corrected chi connectivity index (χ0v) is 23.4. The molecule has 2 heterocycles. The van der Waals surface area contributed by atoms with Crippen LogP contribution in [0.4, 0.5) is 11.5 Å². The van der Waals surface area contributed by atoms with E-state index in [2.05, 4.69) is 34.9 Å². The van der Waals surface area contributed by atoms with E-state index >= 15 is 0 Å². The summed E-state index contributed by atoms with van der Waals surface area (Å²) in [6, 6.07) is 22.6. The lowest BCUT2D eigenvalue weighted by molar-refractivity contribution is -0.384. The monoisotopic (exact) mass is 577 g/mol. The number of carboxylic acid groups (broad SMARTS) is 1. The Bertz CT molecular complexity index is 1840. The second-order valence-electron chi connectivity index (χ2n) is 10.9. The van der Waals surface area contributed by atoms with E-state index in [0.717, 1.165) is 53.5 Å². The maximum atomic E-state index is 13.8. The number of benzene rings is 3. The number of fused-ring (bicyclic) bond motifs is 2. The van der Waals surface area contributed by atoms with Gasteiger partial charge in [-0.1, -0.05) is 67.8 Å². The van der Waals surface area contributed by atoms with E-state index in [-0.39, 0.29) is 17.3 Å². The van der Waals surface area contributed by atoms with Gasteiger partial charge < -0.3 is 15.7 Å². The summed E-state index contributed by atoms with van der Waals surface area (Å²) in [7, 11) is 0. The van der Waals surface area contributed by atoms with Gasteiger partial charge in [0, 0.05) is 29.9 Å². The molecule has 3 N–H and O–H groups in total. The average molecular weight is 578 g/mol. The zero-order chi connectivity index (χ0) is 29.9. The van der Waals surface area contributed by atoms with E-state index in [9.17, 15) is 24.8 Å². The molecule has 3 aromatic carbocycles. The van der Waals surface area contributed by atoms with Crippen molar-refractivity contribution in [2.45, 2.75) is 50.6 Å². The molecule has 10 nitrogen and oxygen atoms in total. The minimum absolute atomic E-state index is 0.184. The van der Waals surface area contributed by atoms with Crippen molar-refractivity contribution >= 4 is 39.8 Å². The Labute approximate surface area is 247 Å². The summed E-state index contributed by atoms with van der Waals surface area (Å²) in [6.45, 7) is 0. The first kappa shape index (κ1) is 27.9. The summed E-state index contributed by atoms with van der Waals surface area (Å²) in [5.41, 5.74) is 2.47. The summed E-state index contributed by atoms with van der Waals surface area (Å²) >= 11 is 0. The summed E-state index contributed by atoms with van der Waals surface area (Å²) in [5, 5.41) is 29.6. The number of hydrogen-bond acceptors (Lipinski definition) is 6. The van der Waals surface area contributed by atoms with Crippen molar-refractivity contribution in [2.75, 3.05) is 5.32 Å². The molecule has 10 heteroatoms. The van der Waals surface area contributed by atoms with Gasteiger partial charge in [-0.2, -0.15) is 0 Å². The molecule has 0 bridgehead atoms. The highest BCUT2D eigenvalue weighted by Crippen LogP contribution is 2.34. The van der Waals surface area contributed by atoms with Gasteiger partial charge in [0.05, 0.1) is 22.9 Å². The average Bonchev–Trinajstić information content (AvgIpc) is 3.39. The van der Waals surface area contributed by atoms with Crippen molar-refractivity contribution in [3.63, 3.8) is 0 Å². The van der Waals surface area contributed by atoms with Crippen molar-refractivity contribution in [1.82, 2.24) is 14.7 Å². The molecule has 1 unspecified atom stereocenters. The highest BCUT2D eigenvalue weighted by Gasteiger charge is 2.25. The molecule has 0 aliphatic heterocycles. The summed E-state index contributed by atoms with van der Waals surface area (Å²) in [5.74, 6) is -0.872. The fourth-order valence-electron chi connectivity index (χ4n) is 5.88. The van der Waals surface area contributed by atoms with Gasteiger partial charge in [0.15, 0.2) is 5.65 Å². The van der Waals surface area contributed by atoms with Gasteiger partial charge in [0.1, 0.15) is 11.5 Å². The Hall–Kier alpha value is -5.25. The topological polar surface area (TPSA) is 139 Å². The number of carbonyl (C=O) groups excluding carboxylic acids is 1. The van der Waals surface area contributed by atoms with Crippen LogP contribution in [0.5, 0.6) is 0 Å². The van der Waals surface area contributed by atoms with Gasteiger partial charge in [-0.15, -0.1) is 0 Å². The van der Waals surface area contributed by atoms with Gasteiger partial charge in [0.25, 0.3) is 11.6 Å². The van der Waals surface area contributed by atoms with E-state index in [1.165, 1.54) is 24.6 Å². The van der Waals surface area contributed by atoms with E-state index in [4.69, 9.17) is 4.98 Å². The number of non-ortho nitro benzene ring substituents is 1. The van der Waals surface area contributed by atoms with Crippen LogP contribution in [-0.2, 0) is 4.79 Å². The molecule has 5 aromatic rings. The second kappa shape index (κ2) is 11.9. The molecule has 1 fully saturated rings. The first-order valence-electron chi connectivity index (χ1n) is 14.4. The fraction of sp³-hybridized carbons (Fsp3) is 0.242. The summed E-state index contributed by atoms with van der Waals surface area (Å²) in [6.07, 6.45) is 7.03. The largest absolute Gasteiger partial charge is 0.481 e. The summed E-state index contributed by atoms with van der Waals surface area (Å²) in [4.78, 5) is 41.2. The predicted octanol–water partition coefficient (Wildman–Crippen LogP) is 6.75. The summed E-state index contributed by atoms with van der Waals surface area (Å²) < 4.78 is 1.88. The zero-order valence-electron chi connectivity index (χ0n) is 23.4. The van der Waals surface area contributed by atoms with E-state index < -0.39 is 29.3 Å². The van der Waals surface area contributed by atoms with Gasteiger partial charge >= 0.3 is 5.97 Å². The number of rotatable bonds is 9. The van der Waals surface area contributed by atoms with Crippen LogP contribution in [-0.4, -0.2) is 37.3 Å². The third-order valence-corrected chi connectivity index (χ3v) is 8.03. The molecule has 6 rings (SSSR count). The SMILES string of the molecule is O=C(O)CC(NC(=O)c1cccn2c(NC3CCCCC3)c(-c3ccc4ccccc4c3)nc12)c1cccc([N+](=O)[O-])c1. The molecular formula is C33H31N5O5. The van der Waals surface area contributed by atoms with Gasteiger partial charge in [0.2, 0.25) is 0 Å². The molecule has 43 heavy (non-hydrogen) atoms. The van der Waals surface area contributed by atoms with Gasteiger partial charge in [-0.3, -0.25) is 24.1 Å². The molecule has 1 amide bonds. The fourth-order valence-corrected chi connectivity index (χ4v) is 5.88. The second-order valence-corrected chi connectivity index (χ2v) is 10.9. The minimum atomic E-state index is -1.15. The van der Waals surface area contributed by atoms with Crippen molar-refractivity contribution in [3.05, 3.63) is 106 Å². The number of pyridine rings is 1. The number of aromatic nitrogens is 2. The number of anilines is 1. The van der Waals surface area contributed by atoms with Crippen molar-refractivity contribution in [1.29, 1.82) is 0 Å². The Kier molecular flexibility index (Phi) is 7.74. The van der Waals surface area contributed by atoms with Crippen LogP contribution in [0, 0.1) is 10.1 Å². The number of carbonyl (C=O) groups is 2. The Balaban J connectivity index is 1.42. The first-order valence-corrected chi connectivity index (χ1v) is 14.4. The molecule has 1 saturated carbocycles. The standard InChI is InChI=1S/C33H31N5O5/c39-29(40)20-28(23-10-6-13-26(19-23)38(42)43)35-33(41)27-14-7-17-37-31(27)36-30(32(37)34-25-11-2-1-3-12-25)24-16-15-21-8-4-5-9-22(21)18-24/h4-10,13-19,25,28,34H,1-3,11-12,20H2,(H,35,41)(H,39,40). The first-order chi connectivity index (χ1) is 20.9. The quantitative estimate of drug-likeness (QED) is 0.130. The van der Waals surface area contributed by atoms with Crippen molar-refractivity contribution < 1.29 is 19.6 Å². The molecule has 1 atom stereocenters. The number of nitrogens with one attached hydrogen (secondary N) is 2. The smallest absolute Gasteiger partial charge is 0.305 e. The number of carboxylic acids is 1. The number of nitro groups is 1. The predicted molar refractivity (Wildman–Crippen MR) is 164 cm³/mol. The van der Waals surface area contributed by atoms with E-state index in [1.54, 1.807) is 18.2 Å². The molecule has 1 aliphatic rings. The Morgan fingerprint density at radius 3 is 2.53 bits per heavy atom. The number of nitrogens with zero attached hydrogens (tertiary/aromatic N) is 3. The molecular weight excluding hydrogens is 546 g/mol. The van der Waals surface area contributed by atoms with Crippen LogP contribution in [0.2, 0.25) is 0 Å². The maximum Gasteiger partial charge on any atom is 0.305 e. The molecule has 0 radical (unpaired) electrons. The number of hydrogen-bond donors (Lipinski definition) is 3. The molecule has 2 aromatic heterocycles. The Morgan fingerprint density at radius 2 is 1.77 bits per heavy atom. The lowest BCUT2D eigenvalue weighted by atomic mass is 9.95. The van der Waals surface area contributed by atoms with E-state index in [1.807, 2.05) is 28.8 Å². The highest BCUT2D eigenvalue weighted by molar-refractivity contribution is 6.01. The number of aliphatic carboxylic acids is 1. The number of imidazole rings is 1. The highest BCUT2D eigenvalue weighted by atomic mass is 16.6. The van der Waals surface area contributed by atoms with Crippen molar-refractivity contribution in [2.24, 2.45) is 0 Å². The van der Waals surface area contributed by atoms with Crippen LogP contribution < -0.4 is 10.6 Å². The van der Waals surface area contributed by atoms with Crippen LogP contribution in [0.15, 0.2) is 85.1 Å². The van der Waals surface area contributed by atoms with Gasteiger partial charge in [-0.05, 0) is 47.4 Å². The van der Waals surface area contributed by atoms with Gasteiger partial charge in [-0.25, -0.2) is 4.98 Å². The molecule has 0 spiro atoms. The Morgan fingerprint density at radius 1 is 0.977 bits per heavy atom. The van der Waals surface area contributed by atoms with Crippen LogP contribution in [0.1, 0.15) is 60.5 Å². The third-order valence-electron chi connectivity index (χ3n) is 8.03. The molecule has 1 aliphatic carbocycles. The normalized spacial score (nSPS) is 14.4. The maximum absolute atomic E-state index is 13.8. The van der Waals surface area contributed by atoms with E-state index in [0.29, 0.717) is 11.2 Å². The van der Waals surface area contributed by atoms with Crippen LogP contribution >= 0.6 is 0 Å². The molecule has 0 saturated heterocycles. The van der Waals surface area contributed by atoms with Crippen LogP contribution in [0.25, 0.3) is 27.7 Å².